The lowest BCUT2D eigenvalue weighted by atomic mass is 10.0. The predicted octanol–water partition coefficient (Wildman–Crippen LogP) is 1.77. The highest BCUT2D eigenvalue weighted by Crippen LogP contribution is 2.22. The lowest BCUT2D eigenvalue weighted by Crippen LogP contribution is -2.42. The summed E-state index contributed by atoms with van der Waals surface area (Å²) in [6.07, 6.45) is 0.534. The normalized spacial score (nSPS) is 25.3. The first-order valence-corrected chi connectivity index (χ1v) is 5.99. The van der Waals surface area contributed by atoms with Crippen molar-refractivity contribution < 1.29 is 18.6 Å². The summed E-state index contributed by atoms with van der Waals surface area (Å²) in [4.78, 5) is 0. The Labute approximate surface area is 105 Å². The summed E-state index contributed by atoms with van der Waals surface area (Å²) in [7, 11) is 0. The first kappa shape index (κ1) is 13.4. The van der Waals surface area contributed by atoms with Gasteiger partial charge in [-0.1, -0.05) is 6.07 Å². The molecule has 2 atom stereocenters. The first-order chi connectivity index (χ1) is 8.52. The molecule has 18 heavy (non-hydrogen) atoms. The molecule has 2 N–H and O–H groups in total. The Balaban J connectivity index is 2.01. The van der Waals surface area contributed by atoms with Crippen LogP contribution in [0.25, 0.3) is 0 Å². The molecular weight excluding hydrogens is 240 g/mol. The maximum Gasteiger partial charge on any atom is 0.130 e. The van der Waals surface area contributed by atoms with Crippen molar-refractivity contribution in [3.8, 4) is 0 Å². The zero-order chi connectivity index (χ0) is 13.2. The van der Waals surface area contributed by atoms with E-state index in [1.54, 1.807) is 6.92 Å². The van der Waals surface area contributed by atoms with Crippen LogP contribution in [0.3, 0.4) is 0 Å². The molecule has 1 aromatic rings. The third-order valence-electron chi connectivity index (χ3n) is 3.25. The lowest BCUT2D eigenvalue weighted by Gasteiger charge is -2.24. The minimum absolute atomic E-state index is 0.0000142. The van der Waals surface area contributed by atoms with E-state index in [2.05, 4.69) is 5.32 Å². The van der Waals surface area contributed by atoms with Gasteiger partial charge in [-0.2, -0.15) is 0 Å². The average Bonchev–Trinajstić information content (AvgIpc) is 2.74. The van der Waals surface area contributed by atoms with Gasteiger partial charge in [0.25, 0.3) is 0 Å². The van der Waals surface area contributed by atoms with Gasteiger partial charge in [-0.25, -0.2) is 8.78 Å². The number of ether oxygens (including phenoxy) is 1. The van der Waals surface area contributed by atoms with Crippen molar-refractivity contribution in [2.45, 2.75) is 25.0 Å². The molecule has 1 heterocycles. The van der Waals surface area contributed by atoms with E-state index >= 15 is 0 Å². The fourth-order valence-electron chi connectivity index (χ4n) is 2.11. The molecule has 1 saturated heterocycles. The molecular formula is C13H17F2NO2. The molecule has 1 aromatic carbocycles. The van der Waals surface area contributed by atoms with E-state index in [1.165, 1.54) is 18.2 Å². The van der Waals surface area contributed by atoms with E-state index in [0.29, 0.717) is 13.0 Å². The van der Waals surface area contributed by atoms with Crippen LogP contribution >= 0.6 is 0 Å². The molecule has 1 fully saturated rings. The number of hydrogen-bond acceptors (Lipinski definition) is 3. The number of halogens is 2. The molecule has 0 spiro atoms. The Bertz CT molecular complexity index is 399. The van der Waals surface area contributed by atoms with Crippen LogP contribution < -0.4 is 5.32 Å². The summed E-state index contributed by atoms with van der Waals surface area (Å²) >= 11 is 0. The van der Waals surface area contributed by atoms with E-state index in [9.17, 15) is 13.9 Å². The Morgan fingerprint density at radius 3 is 2.67 bits per heavy atom. The summed E-state index contributed by atoms with van der Waals surface area (Å²) in [6, 6.07) is 3.28. The van der Waals surface area contributed by atoms with Crippen molar-refractivity contribution in [1.29, 1.82) is 0 Å². The van der Waals surface area contributed by atoms with Crippen molar-refractivity contribution in [3.05, 3.63) is 35.4 Å². The van der Waals surface area contributed by atoms with Gasteiger partial charge in [0.1, 0.15) is 17.2 Å². The van der Waals surface area contributed by atoms with Crippen molar-refractivity contribution in [2.75, 3.05) is 19.8 Å². The monoisotopic (exact) mass is 257 g/mol. The van der Waals surface area contributed by atoms with Gasteiger partial charge in [0.05, 0.1) is 6.61 Å². The van der Waals surface area contributed by atoms with E-state index in [4.69, 9.17) is 4.74 Å². The Hall–Kier alpha value is -1.04. The minimum Gasteiger partial charge on any atom is -0.386 e. The van der Waals surface area contributed by atoms with Gasteiger partial charge in [0.15, 0.2) is 0 Å². The van der Waals surface area contributed by atoms with E-state index in [1.807, 2.05) is 0 Å². The van der Waals surface area contributed by atoms with Crippen LogP contribution in [0.1, 0.15) is 24.9 Å². The van der Waals surface area contributed by atoms with Crippen LogP contribution in [0.5, 0.6) is 0 Å². The summed E-state index contributed by atoms with van der Waals surface area (Å²) in [6.45, 7) is 2.69. The Morgan fingerprint density at radius 1 is 1.44 bits per heavy atom. The third kappa shape index (κ3) is 2.85. The largest absolute Gasteiger partial charge is 0.386 e. The Morgan fingerprint density at radius 2 is 2.11 bits per heavy atom. The second kappa shape index (κ2) is 5.30. The molecule has 0 radical (unpaired) electrons. The zero-order valence-electron chi connectivity index (χ0n) is 10.2. The van der Waals surface area contributed by atoms with Gasteiger partial charge < -0.3 is 15.2 Å². The molecule has 0 bridgehead atoms. The third-order valence-corrected chi connectivity index (χ3v) is 3.25. The summed E-state index contributed by atoms with van der Waals surface area (Å²) in [5.41, 5.74) is -0.935. The summed E-state index contributed by atoms with van der Waals surface area (Å²) in [5.74, 6) is -1.16. The molecule has 100 valence electrons. The van der Waals surface area contributed by atoms with Crippen LogP contribution in [0, 0.1) is 11.6 Å². The molecule has 0 saturated carbocycles. The smallest absolute Gasteiger partial charge is 0.130 e. The van der Waals surface area contributed by atoms with Gasteiger partial charge in [0, 0.05) is 31.2 Å². The van der Waals surface area contributed by atoms with Gasteiger partial charge >= 0.3 is 0 Å². The second-order valence-electron chi connectivity index (χ2n) is 4.76. The van der Waals surface area contributed by atoms with Crippen LogP contribution in [0.15, 0.2) is 18.2 Å². The van der Waals surface area contributed by atoms with Gasteiger partial charge in [-0.3, -0.25) is 0 Å². The van der Waals surface area contributed by atoms with Gasteiger partial charge in [-0.05, 0) is 19.1 Å². The quantitative estimate of drug-likeness (QED) is 0.863. The van der Waals surface area contributed by atoms with E-state index in [0.717, 1.165) is 0 Å². The van der Waals surface area contributed by atoms with Gasteiger partial charge in [0.2, 0.25) is 0 Å². The molecule has 1 aliphatic rings. The van der Waals surface area contributed by atoms with Crippen LogP contribution in [0.4, 0.5) is 8.78 Å². The molecule has 2 unspecified atom stereocenters. The van der Waals surface area contributed by atoms with Crippen LogP contribution in [-0.4, -0.2) is 30.5 Å². The van der Waals surface area contributed by atoms with Crippen molar-refractivity contribution in [1.82, 2.24) is 5.32 Å². The topological polar surface area (TPSA) is 41.5 Å². The average molecular weight is 257 g/mol. The lowest BCUT2D eigenvalue weighted by molar-refractivity contribution is 0.0250. The van der Waals surface area contributed by atoms with E-state index in [-0.39, 0.29) is 18.7 Å². The summed E-state index contributed by atoms with van der Waals surface area (Å²) in [5, 5.41) is 13.0. The van der Waals surface area contributed by atoms with Crippen molar-refractivity contribution in [3.63, 3.8) is 0 Å². The van der Waals surface area contributed by atoms with Crippen molar-refractivity contribution in [2.24, 2.45) is 0 Å². The van der Waals surface area contributed by atoms with E-state index < -0.39 is 23.3 Å². The van der Waals surface area contributed by atoms with Crippen molar-refractivity contribution >= 4 is 0 Å². The standard InChI is InChI=1S/C13H17F2NO2/c1-9(12-10(14)3-2-4-11(12)15)16-7-13(17)5-6-18-8-13/h2-4,9,16-17H,5-8H2,1H3. The number of hydrogen-bond donors (Lipinski definition) is 2. The highest BCUT2D eigenvalue weighted by molar-refractivity contribution is 5.22. The number of rotatable bonds is 4. The Kier molecular flexibility index (Phi) is 3.94. The predicted molar refractivity (Wildman–Crippen MR) is 63.2 cm³/mol. The molecule has 0 amide bonds. The molecule has 1 aliphatic heterocycles. The zero-order valence-corrected chi connectivity index (χ0v) is 10.2. The highest BCUT2D eigenvalue weighted by Gasteiger charge is 2.32. The molecule has 0 aromatic heterocycles. The number of benzene rings is 1. The first-order valence-electron chi connectivity index (χ1n) is 5.99. The fraction of sp³-hybridized carbons (Fsp3) is 0.538. The fourth-order valence-corrected chi connectivity index (χ4v) is 2.11. The molecule has 2 rings (SSSR count). The maximum absolute atomic E-state index is 13.5. The molecule has 0 aliphatic carbocycles. The van der Waals surface area contributed by atoms with Crippen LogP contribution in [-0.2, 0) is 4.74 Å². The molecule has 3 nitrogen and oxygen atoms in total. The van der Waals surface area contributed by atoms with Gasteiger partial charge in [-0.15, -0.1) is 0 Å². The second-order valence-corrected chi connectivity index (χ2v) is 4.76. The number of nitrogens with one attached hydrogen (secondary N) is 1. The number of aliphatic hydroxyl groups is 1. The summed E-state index contributed by atoms with van der Waals surface area (Å²) < 4.78 is 32.2. The SMILES string of the molecule is CC(NCC1(O)CCOC1)c1c(F)cccc1F. The van der Waals surface area contributed by atoms with Crippen LogP contribution in [0.2, 0.25) is 0 Å². The highest BCUT2D eigenvalue weighted by atomic mass is 19.1. The molecule has 5 heteroatoms. The maximum atomic E-state index is 13.5. The minimum atomic E-state index is -0.935.